The minimum atomic E-state index is 0.169. The standard InChI is InChI=1S/C16H15NO/c1-2-4-13-9-7-11-6-8-12-5-3-10-17-15(12)14(11)16(13)18/h3,5-10,17H,2,4H2,1H3. The van der Waals surface area contributed by atoms with Crippen LogP contribution >= 0.6 is 0 Å². The van der Waals surface area contributed by atoms with Crippen LogP contribution in [0.5, 0.6) is 0 Å². The molecule has 2 aromatic carbocycles. The van der Waals surface area contributed by atoms with Crippen molar-refractivity contribution in [2.75, 3.05) is 0 Å². The third-order valence-electron chi connectivity index (χ3n) is 3.37. The topological polar surface area (TPSA) is 32.9 Å². The van der Waals surface area contributed by atoms with E-state index in [1.165, 1.54) is 0 Å². The molecular weight excluding hydrogens is 222 g/mol. The van der Waals surface area contributed by atoms with Gasteiger partial charge in [0, 0.05) is 11.8 Å². The predicted octanol–water partition coefficient (Wildman–Crippen LogP) is 3.63. The van der Waals surface area contributed by atoms with Gasteiger partial charge >= 0.3 is 0 Å². The van der Waals surface area contributed by atoms with Crippen molar-refractivity contribution >= 4 is 21.7 Å². The number of rotatable bonds is 2. The van der Waals surface area contributed by atoms with Crippen LogP contribution in [0.15, 0.2) is 47.4 Å². The minimum Gasteiger partial charge on any atom is -0.361 e. The summed E-state index contributed by atoms with van der Waals surface area (Å²) in [6.07, 6.45) is 3.71. The van der Waals surface area contributed by atoms with Crippen molar-refractivity contribution in [3.63, 3.8) is 0 Å². The third kappa shape index (κ3) is 1.61. The summed E-state index contributed by atoms with van der Waals surface area (Å²) < 4.78 is 0. The molecule has 0 atom stereocenters. The zero-order valence-corrected chi connectivity index (χ0v) is 10.4. The van der Waals surface area contributed by atoms with E-state index in [1.807, 2.05) is 42.6 Å². The first kappa shape index (κ1) is 11.0. The second-order valence-electron chi connectivity index (χ2n) is 4.60. The summed E-state index contributed by atoms with van der Waals surface area (Å²) >= 11 is 0. The van der Waals surface area contributed by atoms with E-state index in [9.17, 15) is 4.79 Å². The molecule has 0 bridgehead atoms. The van der Waals surface area contributed by atoms with Crippen LogP contribution in [-0.2, 0) is 6.42 Å². The fourth-order valence-corrected chi connectivity index (χ4v) is 2.49. The number of aromatic nitrogens is 1. The smallest absolute Gasteiger partial charge is 0.191 e. The molecule has 0 amide bonds. The normalized spacial score (nSPS) is 11.2. The monoisotopic (exact) mass is 237 g/mol. The van der Waals surface area contributed by atoms with Crippen molar-refractivity contribution in [2.24, 2.45) is 0 Å². The van der Waals surface area contributed by atoms with Crippen LogP contribution in [0.1, 0.15) is 18.9 Å². The molecule has 0 unspecified atom stereocenters. The summed E-state index contributed by atoms with van der Waals surface area (Å²) in [4.78, 5) is 15.7. The van der Waals surface area contributed by atoms with Crippen molar-refractivity contribution in [2.45, 2.75) is 19.8 Å². The van der Waals surface area contributed by atoms with Gasteiger partial charge in [-0.15, -0.1) is 0 Å². The van der Waals surface area contributed by atoms with Gasteiger partial charge in [0.15, 0.2) is 5.43 Å². The Labute approximate surface area is 105 Å². The third-order valence-corrected chi connectivity index (χ3v) is 3.37. The number of benzene rings is 2. The number of aryl methyl sites for hydroxylation is 1. The van der Waals surface area contributed by atoms with Gasteiger partial charge in [-0.1, -0.05) is 43.7 Å². The molecule has 18 heavy (non-hydrogen) atoms. The highest BCUT2D eigenvalue weighted by Crippen LogP contribution is 2.21. The van der Waals surface area contributed by atoms with E-state index >= 15 is 0 Å². The van der Waals surface area contributed by atoms with Gasteiger partial charge in [-0.25, -0.2) is 0 Å². The highest BCUT2D eigenvalue weighted by Gasteiger charge is 2.07. The molecule has 90 valence electrons. The number of fused-ring (bicyclic) bond motifs is 3. The molecule has 1 N–H and O–H groups in total. The summed E-state index contributed by atoms with van der Waals surface area (Å²) in [5.74, 6) is 0. The molecule has 1 heterocycles. The maximum Gasteiger partial charge on any atom is 0.191 e. The van der Waals surface area contributed by atoms with E-state index in [0.29, 0.717) is 0 Å². The molecule has 1 aromatic heterocycles. The van der Waals surface area contributed by atoms with Crippen LogP contribution in [0.25, 0.3) is 21.7 Å². The van der Waals surface area contributed by atoms with Crippen molar-refractivity contribution in [3.05, 3.63) is 58.4 Å². The average Bonchev–Trinajstić information content (AvgIpc) is 2.41. The molecule has 0 saturated heterocycles. The first-order valence-electron chi connectivity index (χ1n) is 6.33. The van der Waals surface area contributed by atoms with Crippen LogP contribution in [0, 0.1) is 0 Å². The van der Waals surface area contributed by atoms with Crippen molar-refractivity contribution < 1.29 is 0 Å². The van der Waals surface area contributed by atoms with E-state index in [-0.39, 0.29) is 5.43 Å². The molecule has 0 aliphatic heterocycles. The first-order chi connectivity index (χ1) is 8.81. The van der Waals surface area contributed by atoms with Crippen LogP contribution in [-0.4, -0.2) is 4.98 Å². The highest BCUT2D eigenvalue weighted by molar-refractivity contribution is 6.05. The molecule has 0 spiro atoms. The Bertz CT molecular complexity index is 771. The Hall–Kier alpha value is -2.09. The van der Waals surface area contributed by atoms with Crippen LogP contribution in [0.3, 0.4) is 0 Å². The van der Waals surface area contributed by atoms with E-state index < -0.39 is 0 Å². The van der Waals surface area contributed by atoms with Crippen LogP contribution in [0.4, 0.5) is 0 Å². The fourth-order valence-electron chi connectivity index (χ4n) is 2.49. The molecular formula is C16H15NO. The van der Waals surface area contributed by atoms with Gasteiger partial charge < -0.3 is 4.98 Å². The van der Waals surface area contributed by atoms with E-state index in [4.69, 9.17) is 0 Å². The lowest BCUT2D eigenvalue weighted by Gasteiger charge is -2.05. The fraction of sp³-hybridized carbons (Fsp3) is 0.188. The second kappa shape index (κ2) is 4.30. The molecule has 0 aliphatic carbocycles. The SMILES string of the molecule is CCCc1ccc2ccc3ccc[nH]c3c2c1=O. The van der Waals surface area contributed by atoms with Crippen molar-refractivity contribution in [1.29, 1.82) is 0 Å². The summed E-state index contributed by atoms with van der Waals surface area (Å²) in [5.41, 5.74) is 2.02. The van der Waals surface area contributed by atoms with Crippen molar-refractivity contribution in [3.8, 4) is 0 Å². The molecule has 0 aliphatic rings. The maximum absolute atomic E-state index is 12.5. The molecule has 0 saturated carbocycles. The Morgan fingerprint density at radius 1 is 1.06 bits per heavy atom. The van der Waals surface area contributed by atoms with Gasteiger partial charge in [0.2, 0.25) is 0 Å². The van der Waals surface area contributed by atoms with Gasteiger partial charge in [0.05, 0.1) is 10.9 Å². The quantitative estimate of drug-likeness (QED) is 0.678. The van der Waals surface area contributed by atoms with Gasteiger partial charge in [-0.3, -0.25) is 4.79 Å². The molecule has 2 nitrogen and oxygen atoms in total. The average molecular weight is 237 g/mol. The Kier molecular flexibility index (Phi) is 2.63. The molecule has 3 aromatic rings. The summed E-state index contributed by atoms with van der Waals surface area (Å²) in [6, 6.07) is 12.0. The number of aromatic amines is 1. The zero-order chi connectivity index (χ0) is 12.5. The van der Waals surface area contributed by atoms with Gasteiger partial charge in [0.1, 0.15) is 0 Å². The number of pyridine rings is 1. The van der Waals surface area contributed by atoms with E-state index in [0.717, 1.165) is 40.1 Å². The lowest BCUT2D eigenvalue weighted by atomic mass is 10.0. The second-order valence-corrected chi connectivity index (χ2v) is 4.60. The lowest BCUT2D eigenvalue weighted by molar-refractivity contribution is 0.916. The number of hydrogen-bond donors (Lipinski definition) is 1. The Morgan fingerprint density at radius 2 is 1.83 bits per heavy atom. The largest absolute Gasteiger partial charge is 0.361 e. The van der Waals surface area contributed by atoms with Crippen LogP contribution < -0.4 is 5.43 Å². The molecule has 3 rings (SSSR count). The summed E-state index contributed by atoms with van der Waals surface area (Å²) in [5, 5.41) is 2.91. The first-order valence-corrected chi connectivity index (χ1v) is 6.33. The zero-order valence-electron chi connectivity index (χ0n) is 10.4. The maximum atomic E-state index is 12.5. The highest BCUT2D eigenvalue weighted by atomic mass is 16.1. The Balaban J connectivity index is 2.47. The van der Waals surface area contributed by atoms with Gasteiger partial charge in [-0.05, 0) is 23.3 Å². The summed E-state index contributed by atoms with van der Waals surface area (Å²) in [7, 11) is 0. The minimum absolute atomic E-state index is 0.169. The van der Waals surface area contributed by atoms with Crippen LogP contribution in [0.2, 0.25) is 0 Å². The lowest BCUT2D eigenvalue weighted by Crippen LogP contribution is -2.09. The van der Waals surface area contributed by atoms with E-state index in [2.05, 4.69) is 11.9 Å². The molecule has 0 fully saturated rings. The van der Waals surface area contributed by atoms with E-state index in [1.54, 1.807) is 0 Å². The number of hydrogen-bond acceptors (Lipinski definition) is 1. The Morgan fingerprint density at radius 3 is 2.67 bits per heavy atom. The summed E-state index contributed by atoms with van der Waals surface area (Å²) in [6.45, 7) is 2.10. The van der Waals surface area contributed by atoms with Gasteiger partial charge in [-0.2, -0.15) is 0 Å². The molecule has 2 heteroatoms. The van der Waals surface area contributed by atoms with Crippen molar-refractivity contribution in [1.82, 2.24) is 4.98 Å². The number of H-pyrrole nitrogens is 1. The predicted molar refractivity (Wildman–Crippen MR) is 76.1 cm³/mol. The number of nitrogens with one attached hydrogen (secondary N) is 1. The van der Waals surface area contributed by atoms with Gasteiger partial charge in [0.25, 0.3) is 0 Å². The molecule has 0 radical (unpaired) electrons.